The molecule has 0 heterocycles. The van der Waals surface area contributed by atoms with E-state index in [2.05, 4.69) is 0 Å². The highest BCUT2D eigenvalue weighted by atomic mass is 35.5. The lowest BCUT2D eigenvalue weighted by molar-refractivity contribution is -0.142. The fourth-order valence-electron chi connectivity index (χ4n) is 1.70. The van der Waals surface area contributed by atoms with Crippen molar-refractivity contribution >= 4 is 23.4 Å². The van der Waals surface area contributed by atoms with E-state index in [0.717, 1.165) is 16.7 Å². The number of Topliss-reactive ketones (excluding diaryl/α,β-unsaturated/α-hetero) is 1. The number of rotatable bonds is 6. The number of esters is 1. The zero-order chi connectivity index (χ0) is 13.5. The second kappa shape index (κ2) is 7.17. The van der Waals surface area contributed by atoms with Crippen molar-refractivity contribution in [1.29, 1.82) is 0 Å². The van der Waals surface area contributed by atoms with E-state index < -0.39 is 0 Å². The van der Waals surface area contributed by atoms with Gasteiger partial charge in [0, 0.05) is 6.42 Å². The molecule has 1 aromatic rings. The Labute approximate surface area is 112 Å². The van der Waals surface area contributed by atoms with Crippen molar-refractivity contribution in [3.63, 3.8) is 0 Å². The topological polar surface area (TPSA) is 43.4 Å². The third-order valence-corrected chi connectivity index (χ3v) is 2.90. The van der Waals surface area contributed by atoms with Crippen molar-refractivity contribution in [3.05, 3.63) is 34.9 Å². The van der Waals surface area contributed by atoms with Crippen LogP contribution in [0.1, 0.15) is 23.6 Å². The van der Waals surface area contributed by atoms with E-state index in [1.165, 1.54) is 0 Å². The Balaban J connectivity index is 2.73. The molecule has 98 valence electrons. The standard InChI is InChI=1S/C14H17ClO3/c1-3-18-14(17)7-11-4-5-12(10(2)6-11)8-13(16)9-15/h4-6H,3,7-9H2,1-2H3. The lowest BCUT2D eigenvalue weighted by Crippen LogP contribution is -2.09. The van der Waals surface area contributed by atoms with Crippen LogP contribution in [-0.2, 0) is 27.2 Å². The van der Waals surface area contributed by atoms with Gasteiger partial charge in [0.15, 0.2) is 5.78 Å². The smallest absolute Gasteiger partial charge is 0.310 e. The Kier molecular flexibility index (Phi) is 5.86. The van der Waals surface area contributed by atoms with E-state index in [-0.39, 0.29) is 24.1 Å². The Hall–Kier alpha value is -1.35. The van der Waals surface area contributed by atoms with E-state index in [0.29, 0.717) is 13.0 Å². The lowest BCUT2D eigenvalue weighted by atomic mass is 10.00. The number of alkyl halides is 1. The molecule has 1 aromatic carbocycles. The molecule has 0 saturated heterocycles. The molecule has 0 atom stereocenters. The summed E-state index contributed by atoms with van der Waals surface area (Å²) in [4.78, 5) is 22.6. The number of hydrogen-bond donors (Lipinski definition) is 0. The molecule has 0 aliphatic heterocycles. The molecule has 3 nitrogen and oxygen atoms in total. The molecule has 4 heteroatoms. The van der Waals surface area contributed by atoms with Gasteiger partial charge in [-0.2, -0.15) is 0 Å². The summed E-state index contributed by atoms with van der Waals surface area (Å²) in [6.07, 6.45) is 0.605. The van der Waals surface area contributed by atoms with Gasteiger partial charge in [-0.3, -0.25) is 9.59 Å². The predicted molar refractivity (Wildman–Crippen MR) is 70.9 cm³/mol. The van der Waals surface area contributed by atoms with Crippen LogP contribution in [0.3, 0.4) is 0 Å². The first-order valence-corrected chi connectivity index (χ1v) is 6.42. The second-order valence-electron chi connectivity index (χ2n) is 4.09. The van der Waals surface area contributed by atoms with Gasteiger partial charge in [0.1, 0.15) is 0 Å². The summed E-state index contributed by atoms with van der Waals surface area (Å²) in [6.45, 7) is 4.09. The van der Waals surface area contributed by atoms with Crippen LogP contribution in [0.4, 0.5) is 0 Å². The maximum Gasteiger partial charge on any atom is 0.310 e. The summed E-state index contributed by atoms with van der Waals surface area (Å²) in [7, 11) is 0. The number of halogens is 1. The Morgan fingerprint density at radius 2 is 2.00 bits per heavy atom. The van der Waals surface area contributed by atoms with Crippen LogP contribution in [-0.4, -0.2) is 24.2 Å². The van der Waals surface area contributed by atoms with Crippen LogP contribution >= 0.6 is 11.6 Å². The molecule has 18 heavy (non-hydrogen) atoms. The number of carbonyl (C=O) groups excluding carboxylic acids is 2. The molecule has 0 radical (unpaired) electrons. The Morgan fingerprint density at radius 3 is 2.56 bits per heavy atom. The van der Waals surface area contributed by atoms with Crippen molar-refractivity contribution in [2.75, 3.05) is 12.5 Å². The van der Waals surface area contributed by atoms with Crippen LogP contribution in [0.15, 0.2) is 18.2 Å². The molecule has 0 aromatic heterocycles. The first-order valence-electron chi connectivity index (χ1n) is 5.88. The van der Waals surface area contributed by atoms with Gasteiger partial charge in [-0.05, 0) is 30.5 Å². The van der Waals surface area contributed by atoms with Gasteiger partial charge in [-0.25, -0.2) is 0 Å². The molecule has 0 fully saturated rings. The van der Waals surface area contributed by atoms with Gasteiger partial charge in [0.25, 0.3) is 0 Å². The minimum absolute atomic E-state index is 0.00194. The van der Waals surface area contributed by atoms with Gasteiger partial charge < -0.3 is 4.74 Å². The fraction of sp³-hybridized carbons (Fsp3) is 0.429. The van der Waals surface area contributed by atoms with Gasteiger partial charge in [0.05, 0.1) is 18.9 Å². The van der Waals surface area contributed by atoms with E-state index in [1.807, 2.05) is 25.1 Å². The summed E-state index contributed by atoms with van der Waals surface area (Å²) >= 11 is 5.48. The van der Waals surface area contributed by atoms with Crippen LogP contribution in [0.5, 0.6) is 0 Å². The van der Waals surface area contributed by atoms with Gasteiger partial charge in [-0.1, -0.05) is 18.2 Å². The number of aryl methyl sites for hydroxylation is 1. The summed E-state index contributed by atoms with van der Waals surface area (Å²) in [5.74, 6) is -0.205. The average Bonchev–Trinajstić information content (AvgIpc) is 2.32. The van der Waals surface area contributed by atoms with E-state index in [9.17, 15) is 9.59 Å². The highest BCUT2D eigenvalue weighted by Gasteiger charge is 2.08. The quantitative estimate of drug-likeness (QED) is 0.588. The molecule has 0 amide bonds. The van der Waals surface area contributed by atoms with E-state index >= 15 is 0 Å². The maximum atomic E-state index is 11.3. The van der Waals surface area contributed by atoms with Gasteiger partial charge in [-0.15, -0.1) is 11.6 Å². The minimum atomic E-state index is -0.235. The molecule has 1 rings (SSSR count). The van der Waals surface area contributed by atoms with Crippen LogP contribution in [0.25, 0.3) is 0 Å². The molecule has 0 N–H and O–H groups in total. The van der Waals surface area contributed by atoms with E-state index in [4.69, 9.17) is 16.3 Å². The summed E-state index contributed by atoms with van der Waals surface area (Å²) in [5.41, 5.74) is 2.84. The second-order valence-corrected chi connectivity index (χ2v) is 4.36. The third kappa shape index (κ3) is 4.49. The SMILES string of the molecule is CCOC(=O)Cc1ccc(CC(=O)CCl)c(C)c1. The molecule has 0 aliphatic rings. The highest BCUT2D eigenvalue weighted by molar-refractivity contribution is 6.27. The zero-order valence-corrected chi connectivity index (χ0v) is 11.4. The first kappa shape index (κ1) is 14.7. The largest absolute Gasteiger partial charge is 0.466 e. The minimum Gasteiger partial charge on any atom is -0.466 e. The average molecular weight is 269 g/mol. The molecule has 0 saturated carbocycles. The summed E-state index contributed by atoms with van der Waals surface area (Å²) in [6, 6.07) is 5.63. The lowest BCUT2D eigenvalue weighted by Gasteiger charge is -2.07. The van der Waals surface area contributed by atoms with Crippen molar-refractivity contribution in [2.45, 2.75) is 26.7 Å². The third-order valence-electron chi connectivity index (χ3n) is 2.60. The van der Waals surface area contributed by atoms with E-state index in [1.54, 1.807) is 6.92 Å². The number of ether oxygens (including phenoxy) is 1. The fourth-order valence-corrected chi connectivity index (χ4v) is 1.80. The Bertz CT molecular complexity index is 441. The molecule has 0 unspecified atom stereocenters. The number of benzene rings is 1. The molecular weight excluding hydrogens is 252 g/mol. The molecular formula is C14H17ClO3. The van der Waals surface area contributed by atoms with Crippen LogP contribution < -0.4 is 0 Å². The predicted octanol–water partition coefficient (Wildman–Crippen LogP) is 2.45. The highest BCUT2D eigenvalue weighted by Crippen LogP contribution is 2.13. The number of hydrogen-bond acceptors (Lipinski definition) is 3. The zero-order valence-electron chi connectivity index (χ0n) is 10.7. The summed E-state index contributed by atoms with van der Waals surface area (Å²) < 4.78 is 4.89. The number of ketones is 1. The normalized spacial score (nSPS) is 10.2. The molecule has 0 bridgehead atoms. The molecule has 0 aliphatic carbocycles. The summed E-state index contributed by atoms with van der Waals surface area (Å²) in [5, 5.41) is 0. The number of carbonyl (C=O) groups is 2. The first-order chi connectivity index (χ1) is 8.56. The molecule has 0 spiro atoms. The monoisotopic (exact) mass is 268 g/mol. The van der Waals surface area contributed by atoms with Crippen LogP contribution in [0.2, 0.25) is 0 Å². The van der Waals surface area contributed by atoms with Gasteiger partial charge >= 0.3 is 5.97 Å². The van der Waals surface area contributed by atoms with Crippen molar-refractivity contribution < 1.29 is 14.3 Å². The van der Waals surface area contributed by atoms with Gasteiger partial charge in [0.2, 0.25) is 0 Å². The maximum absolute atomic E-state index is 11.3. The van der Waals surface area contributed by atoms with Crippen molar-refractivity contribution in [3.8, 4) is 0 Å². The Morgan fingerprint density at radius 1 is 1.28 bits per heavy atom. The van der Waals surface area contributed by atoms with Crippen molar-refractivity contribution in [2.24, 2.45) is 0 Å². The van der Waals surface area contributed by atoms with Crippen LogP contribution in [0, 0.1) is 6.92 Å². The van der Waals surface area contributed by atoms with Crippen molar-refractivity contribution in [1.82, 2.24) is 0 Å².